The Bertz CT molecular complexity index is 380. The number of rotatable bonds is 2. The normalized spacial score (nSPS) is 9.71. The maximum atomic E-state index is 10.4. The van der Waals surface area contributed by atoms with Gasteiger partial charge < -0.3 is 4.74 Å². The first-order valence-corrected chi connectivity index (χ1v) is 4.13. The molecule has 0 radical (unpaired) electrons. The molecular weight excluding hydrogens is 176 g/mol. The lowest BCUT2D eigenvalue weighted by molar-refractivity contribution is -0.135. The van der Waals surface area contributed by atoms with Gasteiger partial charge >= 0.3 is 5.97 Å². The van der Waals surface area contributed by atoms with Crippen molar-refractivity contribution in [2.75, 3.05) is 0 Å². The molecular formula is C12H10O2. The van der Waals surface area contributed by atoms with Crippen molar-refractivity contribution in [2.45, 2.75) is 6.92 Å². The van der Waals surface area contributed by atoms with Crippen LogP contribution in [0.5, 0.6) is 0 Å². The van der Waals surface area contributed by atoms with Gasteiger partial charge in [0.15, 0.2) is 0 Å². The standard InChI is InChI=1S/C12H10O2/c1-3-11-4-6-12(7-5-11)8-9-14-10(2)13/h1,4-9H,2H3/b9-8+. The molecule has 1 aromatic rings. The quantitative estimate of drug-likeness (QED) is 0.402. The predicted octanol–water partition coefficient (Wildman–Crippen LogP) is 2.20. The molecule has 0 aliphatic heterocycles. The van der Waals surface area contributed by atoms with Crippen molar-refractivity contribution in [1.82, 2.24) is 0 Å². The van der Waals surface area contributed by atoms with Gasteiger partial charge in [-0.05, 0) is 23.8 Å². The van der Waals surface area contributed by atoms with Gasteiger partial charge in [0, 0.05) is 12.5 Å². The molecule has 0 bridgehead atoms. The van der Waals surface area contributed by atoms with Crippen molar-refractivity contribution in [3.8, 4) is 12.3 Å². The summed E-state index contributed by atoms with van der Waals surface area (Å²) in [5.74, 6) is 2.19. The second-order valence-corrected chi connectivity index (χ2v) is 2.68. The van der Waals surface area contributed by atoms with Gasteiger partial charge in [-0.1, -0.05) is 18.1 Å². The highest BCUT2D eigenvalue weighted by atomic mass is 16.5. The van der Waals surface area contributed by atoms with Gasteiger partial charge in [0.05, 0.1) is 6.26 Å². The van der Waals surface area contributed by atoms with Crippen LogP contribution in [-0.2, 0) is 9.53 Å². The number of carbonyl (C=O) groups excluding carboxylic acids is 1. The highest BCUT2D eigenvalue weighted by Gasteiger charge is 1.89. The molecule has 0 aromatic heterocycles. The highest BCUT2D eigenvalue weighted by molar-refractivity contribution is 5.67. The van der Waals surface area contributed by atoms with Crippen LogP contribution in [-0.4, -0.2) is 5.97 Å². The Morgan fingerprint density at radius 1 is 1.43 bits per heavy atom. The summed E-state index contributed by atoms with van der Waals surface area (Å²) in [5, 5.41) is 0. The summed E-state index contributed by atoms with van der Waals surface area (Å²) in [6.45, 7) is 1.35. The number of hydrogen-bond acceptors (Lipinski definition) is 2. The first kappa shape index (κ1) is 10.1. The third kappa shape index (κ3) is 3.16. The predicted molar refractivity (Wildman–Crippen MR) is 55.2 cm³/mol. The van der Waals surface area contributed by atoms with Gasteiger partial charge in [0.1, 0.15) is 0 Å². The molecule has 0 atom stereocenters. The van der Waals surface area contributed by atoms with Crippen LogP contribution in [0.1, 0.15) is 18.1 Å². The van der Waals surface area contributed by atoms with Crippen molar-refractivity contribution >= 4 is 12.0 Å². The summed E-state index contributed by atoms with van der Waals surface area (Å²) in [7, 11) is 0. The molecule has 0 fully saturated rings. The third-order valence-corrected chi connectivity index (χ3v) is 1.57. The van der Waals surface area contributed by atoms with Gasteiger partial charge in [-0.2, -0.15) is 0 Å². The van der Waals surface area contributed by atoms with Crippen LogP contribution in [0.25, 0.3) is 6.08 Å². The number of hydrogen-bond donors (Lipinski definition) is 0. The van der Waals surface area contributed by atoms with Crippen molar-refractivity contribution < 1.29 is 9.53 Å². The topological polar surface area (TPSA) is 26.3 Å². The largest absolute Gasteiger partial charge is 0.435 e. The van der Waals surface area contributed by atoms with Crippen LogP contribution in [0.3, 0.4) is 0 Å². The van der Waals surface area contributed by atoms with Gasteiger partial charge in [0.2, 0.25) is 0 Å². The minimum atomic E-state index is -0.332. The molecule has 2 nitrogen and oxygen atoms in total. The van der Waals surface area contributed by atoms with Gasteiger partial charge in [-0.3, -0.25) is 4.79 Å². The Morgan fingerprint density at radius 3 is 2.57 bits per heavy atom. The van der Waals surface area contributed by atoms with Crippen LogP contribution in [0.15, 0.2) is 30.5 Å². The zero-order valence-corrected chi connectivity index (χ0v) is 7.86. The van der Waals surface area contributed by atoms with Crippen LogP contribution in [0, 0.1) is 12.3 Å². The van der Waals surface area contributed by atoms with Gasteiger partial charge in [0.25, 0.3) is 0 Å². The Hall–Kier alpha value is -2.01. The summed E-state index contributed by atoms with van der Waals surface area (Å²) in [6, 6.07) is 7.37. The van der Waals surface area contributed by atoms with E-state index >= 15 is 0 Å². The van der Waals surface area contributed by atoms with Crippen LogP contribution < -0.4 is 0 Å². The first-order chi connectivity index (χ1) is 6.72. The average molecular weight is 186 g/mol. The van der Waals surface area contributed by atoms with E-state index in [1.165, 1.54) is 13.2 Å². The fourth-order valence-electron chi connectivity index (χ4n) is 0.899. The third-order valence-electron chi connectivity index (χ3n) is 1.57. The first-order valence-electron chi connectivity index (χ1n) is 4.13. The Balaban J connectivity index is 2.65. The maximum absolute atomic E-state index is 10.4. The second kappa shape index (κ2) is 4.88. The molecule has 0 spiro atoms. The smallest absolute Gasteiger partial charge is 0.307 e. The van der Waals surface area contributed by atoms with E-state index in [2.05, 4.69) is 10.7 Å². The molecule has 2 heteroatoms. The Morgan fingerprint density at radius 2 is 2.07 bits per heavy atom. The molecule has 70 valence electrons. The molecule has 14 heavy (non-hydrogen) atoms. The molecule has 0 heterocycles. The van der Waals surface area contributed by atoms with Crippen LogP contribution in [0.4, 0.5) is 0 Å². The van der Waals surface area contributed by atoms with E-state index in [0.29, 0.717) is 0 Å². The molecule has 0 saturated heterocycles. The molecule has 0 N–H and O–H groups in total. The van der Waals surface area contributed by atoms with Crippen LogP contribution in [0.2, 0.25) is 0 Å². The Kier molecular flexibility index (Phi) is 3.51. The number of terminal acetylenes is 1. The number of carbonyl (C=O) groups is 1. The monoisotopic (exact) mass is 186 g/mol. The maximum Gasteiger partial charge on any atom is 0.307 e. The number of esters is 1. The van der Waals surface area contributed by atoms with E-state index < -0.39 is 0 Å². The molecule has 1 aromatic carbocycles. The number of ether oxygens (including phenoxy) is 1. The summed E-state index contributed by atoms with van der Waals surface area (Å²) >= 11 is 0. The summed E-state index contributed by atoms with van der Waals surface area (Å²) < 4.78 is 4.64. The van der Waals surface area contributed by atoms with Gasteiger partial charge in [-0.15, -0.1) is 6.42 Å². The molecule has 0 saturated carbocycles. The molecule has 0 amide bonds. The SMILES string of the molecule is C#Cc1ccc(/C=C/OC(C)=O)cc1. The second-order valence-electron chi connectivity index (χ2n) is 2.68. The zero-order valence-electron chi connectivity index (χ0n) is 7.86. The minimum absolute atomic E-state index is 0.332. The van der Waals surface area contributed by atoms with E-state index in [1.54, 1.807) is 6.08 Å². The van der Waals surface area contributed by atoms with E-state index in [1.807, 2.05) is 24.3 Å². The molecule has 0 aliphatic carbocycles. The highest BCUT2D eigenvalue weighted by Crippen LogP contribution is 2.05. The summed E-state index contributed by atoms with van der Waals surface area (Å²) in [5.41, 5.74) is 1.76. The summed E-state index contributed by atoms with van der Waals surface area (Å²) in [4.78, 5) is 10.4. The molecule has 0 aliphatic rings. The van der Waals surface area contributed by atoms with Gasteiger partial charge in [-0.25, -0.2) is 0 Å². The minimum Gasteiger partial charge on any atom is -0.435 e. The summed E-state index contributed by atoms with van der Waals surface area (Å²) in [6.07, 6.45) is 8.25. The van der Waals surface area contributed by atoms with Crippen molar-refractivity contribution in [1.29, 1.82) is 0 Å². The van der Waals surface area contributed by atoms with E-state index in [0.717, 1.165) is 11.1 Å². The van der Waals surface area contributed by atoms with E-state index in [4.69, 9.17) is 6.42 Å². The van der Waals surface area contributed by atoms with E-state index in [9.17, 15) is 4.79 Å². The average Bonchev–Trinajstić information content (AvgIpc) is 2.18. The molecule has 0 unspecified atom stereocenters. The Labute approximate surface area is 83.2 Å². The fraction of sp³-hybridized carbons (Fsp3) is 0.0833. The van der Waals surface area contributed by atoms with Crippen LogP contribution >= 0.6 is 0 Å². The fourth-order valence-corrected chi connectivity index (χ4v) is 0.899. The zero-order chi connectivity index (χ0) is 10.4. The van der Waals surface area contributed by atoms with E-state index in [-0.39, 0.29) is 5.97 Å². The van der Waals surface area contributed by atoms with Crippen molar-refractivity contribution in [2.24, 2.45) is 0 Å². The lowest BCUT2D eigenvalue weighted by Crippen LogP contribution is -1.89. The van der Waals surface area contributed by atoms with Crippen molar-refractivity contribution in [3.63, 3.8) is 0 Å². The van der Waals surface area contributed by atoms with Crippen molar-refractivity contribution in [3.05, 3.63) is 41.7 Å². The number of benzene rings is 1. The lowest BCUT2D eigenvalue weighted by atomic mass is 10.1. The lowest BCUT2D eigenvalue weighted by Gasteiger charge is -1.94. The molecule has 1 rings (SSSR count).